The summed E-state index contributed by atoms with van der Waals surface area (Å²) in [6.07, 6.45) is 5.74. The number of hydrogen-bond donors (Lipinski definition) is 0. The second kappa shape index (κ2) is 6.85. The van der Waals surface area contributed by atoms with Crippen LogP contribution >= 0.6 is 0 Å². The highest BCUT2D eigenvalue weighted by Crippen LogP contribution is 2.32. The van der Waals surface area contributed by atoms with E-state index < -0.39 is 0 Å². The van der Waals surface area contributed by atoms with Crippen LogP contribution < -0.4 is 0 Å². The van der Waals surface area contributed by atoms with Crippen LogP contribution in [0.3, 0.4) is 0 Å². The Bertz CT molecular complexity index is 303. The van der Waals surface area contributed by atoms with E-state index in [2.05, 4.69) is 18.7 Å². The van der Waals surface area contributed by atoms with Crippen LogP contribution in [-0.4, -0.2) is 43.5 Å². The fraction of sp³-hybridized carbons (Fsp3) is 0.938. The Hall–Kier alpha value is -0.410. The number of ether oxygens (including phenoxy) is 1. The summed E-state index contributed by atoms with van der Waals surface area (Å²) in [5.41, 5.74) is 0. The van der Waals surface area contributed by atoms with Crippen LogP contribution in [0.4, 0.5) is 0 Å². The summed E-state index contributed by atoms with van der Waals surface area (Å²) in [7, 11) is 1.80. The van der Waals surface area contributed by atoms with Gasteiger partial charge in [0.2, 0.25) is 0 Å². The first-order chi connectivity index (χ1) is 9.10. The monoisotopic (exact) mass is 267 g/mol. The molecule has 2 fully saturated rings. The van der Waals surface area contributed by atoms with Crippen LogP contribution in [0.15, 0.2) is 0 Å². The summed E-state index contributed by atoms with van der Waals surface area (Å²) in [5.74, 6) is 2.22. The average molecular weight is 267 g/mol. The quantitative estimate of drug-likeness (QED) is 0.784. The molecule has 0 amide bonds. The molecule has 2 rings (SSSR count). The molecular formula is C16H29NO2. The number of methoxy groups -OCH3 is 1. The van der Waals surface area contributed by atoms with E-state index in [1.165, 1.54) is 12.8 Å². The van der Waals surface area contributed by atoms with Gasteiger partial charge in [-0.1, -0.05) is 13.8 Å². The lowest BCUT2D eigenvalue weighted by molar-refractivity contribution is -0.127. The second-order valence-corrected chi connectivity index (χ2v) is 6.70. The number of ketones is 1. The van der Waals surface area contributed by atoms with E-state index in [4.69, 9.17) is 4.74 Å². The molecule has 1 heterocycles. The zero-order chi connectivity index (χ0) is 13.8. The van der Waals surface area contributed by atoms with E-state index in [1.54, 1.807) is 7.11 Å². The van der Waals surface area contributed by atoms with Crippen molar-refractivity contribution in [3.63, 3.8) is 0 Å². The van der Waals surface area contributed by atoms with Gasteiger partial charge in [0, 0.05) is 32.5 Å². The second-order valence-electron chi connectivity index (χ2n) is 6.70. The highest BCUT2D eigenvalue weighted by atomic mass is 16.5. The van der Waals surface area contributed by atoms with E-state index in [-0.39, 0.29) is 5.92 Å². The van der Waals surface area contributed by atoms with Gasteiger partial charge in [0.1, 0.15) is 5.78 Å². The Morgan fingerprint density at radius 2 is 2.16 bits per heavy atom. The number of likely N-dealkylation sites (tertiary alicyclic amines) is 1. The van der Waals surface area contributed by atoms with Crippen LogP contribution in [0.25, 0.3) is 0 Å². The van der Waals surface area contributed by atoms with Crippen molar-refractivity contribution in [1.29, 1.82) is 0 Å². The first-order valence-electron chi connectivity index (χ1n) is 7.88. The predicted molar refractivity (Wildman–Crippen MR) is 77.1 cm³/mol. The van der Waals surface area contributed by atoms with Gasteiger partial charge >= 0.3 is 0 Å². The lowest BCUT2D eigenvalue weighted by Crippen LogP contribution is -2.44. The third-order valence-corrected chi connectivity index (χ3v) is 5.02. The summed E-state index contributed by atoms with van der Waals surface area (Å²) in [4.78, 5) is 14.6. The van der Waals surface area contributed by atoms with E-state index in [1.807, 2.05) is 0 Å². The molecule has 110 valence electrons. The van der Waals surface area contributed by atoms with E-state index in [0.29, 0.717) is 17.8 Å². The summed E-state index contributed by atoms with van der Waals surface area (Å²) >= 11 is 0. The molecule has 1 saturated heterocycles. The Morgan fingerprint density at radius 3 is 2.84 bits per heavy atom. The number of rotatable bonds is 4. The molecule has 0 aromatic heterocycles. The minimum Gasteiger partial charge on any atom is -0.380 e. The number of hydrogen-bond acceptors (Lipinski definition) is 3. The Labute approximate surface area is 117 Å². The molecule has 0 aromatic rings. The summed E-state index contributed by atoms with van der Waals surface area (Å²) in [6, 6.07) is 0. The highest BCUT2D eigenvalue weighted by Gasteiger charge is 2.32. The SMILES string of the molecule is COC1CCCN(CC2CC(C(C)C)CCC2=O)C1. The van der Waals surface area contributed by atoms with Crippen molar-refractivity contribution in [3.05, 3.63) is 0 Å². The molecule has 3 atom stereocenters. The van der Waals surface area contributed by atoms with Crippen molar-refractivity contribution in [2.24, 2.45) is 17.8 Å². The highest BCUT2D eigenvalue weighted by molar-refractivity contribution is 5.82. The number of Topliss-reactive ketones (excluding diaryl/α,β-unsaturated/α-hetero) is 1. The molecule has 1 aliphatic heterocycles. The van der Waals surface area contributed by atoms with Crippen molar-refractivity contribution >= 4 is 5.78 Å². The molecule has 0 radical (unpaired) electrons. The van der Waals surface area contributed by atoms with Crippen molar-refractivity contribution in [3.8, 4) is 0 Å². The number of carbonyl (C=O) groups excluding carboxylic acids is 1. The van der Waals surface area contributed by atoms with E-state index >= 15 is 0 Å². The summed E-state index contributed by atoms with van der Waals surface area (Å²) < 4.78 is 5.47. The van der Waals surface area contributed by atoms with Crippen molar-refractivity contribution in [2.45, 2.75) is 52.1 Å². The zero-order valence-corrected chi connectivity index (χ0v) is 12.7. The normalized spacial score (nSPS) is 33.9. The van der Waals surface area contributed by atoms with Crippen LogP contribution in [0, 0.1) is 17.8 Å². The van der Waals surface area contributed by atoms with Crippen molar-refractivity contribution in [2.75, 3.05) is 26.7 Å². The molecule has 0 spiro atoms. The molecule has 0 N–H and O–H groups in total. The van der Waals surface area contributed by atoms with E-state index in [9.17, 15) is 4.79 Å². The van der Waals surface area contributed by atoms with Gasteiger partial charge in [-0.25, -0.2) is 0 Å². The molecule has 0 aromatic carbocycles. The molecule has 1 aliphatic carbocycles. The van der Waals surface area contributed by atoms with Gasteiger partial charge in [0.05, 0.1) is 6.10 Å². The molecule has 3 nitrogen and oxygen atoms in total. The summed E-state index contributed by atoms with van der Waals surface area (Å²) in [5, 5.41) is 0. The van der Waals surface area contributed by atoms with Gasteiger partial charge in [-0.3, -0.25) is 4.79 Å². The van der Waals surface area contributed by atoms with Gasteiger partial charge < -0.3 is 9.64 Å². The Kier molecular flexibility index (Phi) is 5.40. The topological polar surface area (TPSA) is 29.5 Å². The Morgan fingerprint density at radius 1 is 1.37 bits per heavy atom. The van der Waals surface area contributed by atoms with Gasteiger partial charge in [-0.05, 0) is 44.1 Å². The lowest BCUT2D eigenvalue weighted by atomic mass is 9.75. The van der Waals surface area contributed by atoms with Crippen LogP contribution in [0.5, 0.6) is 0 Å². The van der Waals surface area contributed by atoms with Gasteiger partial charge in [0.25, 0.3) is 0 Å². The molecule has 19 heavy (non-hydrogen) atoms. The van der Waals surface area contributed by atoms with Gasteiger partial charge in [-0.15, -0.1) is 0 Å². The number of carbonyl (C=O) groups is 1. The standard InChI is InChI=1S/C16H29NO2/c1-12(2)13-6-7-16(18)14(9-13)10-17-8-4-5-15(11-17)19-3/h12-15H,4-11H2,1-3H3. The van der Waals surface area contributed by atoms with Crippen LogP contribution in [0.1, 0.15) is 46.0 Å². The fourth-order valence-electron chi connectivity index (χ4n) is 3.61. The molecule has 3 heteroatoms. The molecule has 1 saturated carbocycles. The van der Waals surface area contributed by atoms with Gasteiger partial charge in [0.15, 0.2) is 0 Å². The zero-order valence-electron chi connectivity index (χ0n) is 12.7. The maximum atomic E-state index is 12.1. The van der Waals surface area contributed by atoms with Crippen LogP contribution in [0.2, 0.25) is 0 Å². The lowest BCUT2D eigenvalue weighted by Gasteiger charge is -2.37. The molecule has 3 unspecified atom stereocenters. The third-order valence-electron chi connectivity index (χ3n) is 5.02. The summed E-state index contributed by atoms with van der Waals surface area (Å²) in [6.45, 7) is 7.68. The molecule has 0 bridgehead atoms. The average Bonchev–Trinajstić information content (AvgIpc) is 2.41. The predicted octanol–water partition coefficient (Wildman–Crippen LogP) is 2.74. The number of piperidine rings is 1. The smallest absolute Gasteiger partial charge is 0.137 e. The van der Waals surface area contributed by atoms with E-state index in [0.717, 1.165) is 44.8 Å². The van der Waals surface area contributed by atoms with Crippen molar-refractivity contribution in [1.82, 2.24) is 4.90 Å². The maximum Gasteiger partial charge on any atom is 0.137 e. The maximum absolute atomic E-state index is 12.1. The first kappa shape index (κ1) is 15.0. The molecular weight excluding hydrogens is 238 g/mol. The first-order valence-corrected chi connectivity index (χ1v) is 7.88. The van der Waals surface area contributed by atoms with Crippen LogP contribution in [-0.2, 0) is 9.53 Å². The fourth-order valence-corrected chi connectivity index (χ4v) is 3.61. The minimum absolute atomic E-state index is 0.275. The molecule has 2 aliphatic rings. The van der Waals surface area contributed by atoms with Crippen molar-refractivity contribution < 1.29 is 9.53 Å². The minimum atomic E-state index is 0.275. The largest absolute Gasteiger partial charge is 0.380 e. The Balaban J connectivity index is 1.87. The van der Waals surface area contributed by atoms with Gasteiger partial charge in [-0.2, -0.15) is 0 Å². The third kappa shape index (κ3) is 4.03. The number of nitrogens with zero attached hydrogens (tertiary/aromatic N) is 1.